The summed E-state index contributed by atoms with van der Waals surface area (Å²) in [4.78, 5) is 12.0. The maximum absolute atomic E-state index is 12.0. The molecule has 2 rings (SSSR count). The minimum Gasteiger partial charge on any atom is -0.383 e. The molecule has 0 aliphatic rings. The number of hydrogen-bond donors (Lipinski definition) is 2. The number of benzene rings is 1. The molecule has 1 unspecified atom stereocenters. The fourth-order valence-corrected chi connectivity index (χ4v) is 2.41. The number of anilines is 1. The van der Waals surface area contributed by atoms with E-state index in [1.165, 1.54) is 0 Å². The Morgan fingerprint density at radius 3 is 3.04 bits per heavy atom. The maximum Gasteiger partial charge on any atom is 0.319 e. The Morgan fingerprint density at radius 2 is 2.30 bits per heavy atom. The van der Waals surface area contributed by atoms with Crippen molar-refractivity contribution in [2.24, 2.45) is 0 Å². The summed E-state index contributed by atoms with van der Waals surface area (Å²) in [7, 11) is 1.64. The molecule has 0 radical (unpaired) electrons. The lowest BCUT2D eigenvalue weighted by Crippen LogP contribution is -2.37. The largest absolute Gasteiger partial charge is 0.383 e. The average molecular weight is 337 g/mol. The van der Waals surface area contributed by atoms with Crippen LogP contribution in [-0.4, -0.2) is 35.6 Å². The highest BCUT2D eigenvalue weighted by atomic mass is 35.5. The van der Waals surface area contributed by atoms with Gasteiger partial charge in [0.25, 0.3) is 0 Å². The molecule has 2 amide bonds. The van der Waals surface area contributed by atoms with Gasteiger partial charge < -0.3 is 15.4 Å². The maximum atomic E-state index is 12.0. The zero-order valence-electron chi connectivity index (χ0n) is 13.3. The van der Waals surface area contributed by atoms with Gasteiger partial charge in [0.15, 0.2) is 0 Å². The number of carbonyl (C=O) groups excluding carboxylic acids is 1. The van der Waals surface area contributed by atoms with Crippen LogP contribution in [0.5, 0.6) is 0 Å². The average Bonchev–Trinajstić information content (AvgIpc) is 2.92. The minimum atomic E-state index is -0.259. The fourth-order valence-electron chi connectivity index (χ4n) is 2.19. The number of nitrogens with one attached hydrogen (secondary N) is 2. The third kappa shape index (κ3) is 5.92. The lowest BCUT2D eigenvalue weighted by molar-refractivity contribution is 0.183. The van der Waals surface area contributed by atoms with Gasteiger partial charge in [-0.25, -0.2) is 4.79 Å². The number of carbonyl (C=O) groups is 1. The van der Waals surface area contributed by atoms with Crippen LogP contribution >= 0.6 is 11.6 Å². The number of ether oxygens (including phenoxy) is 1. The molecule has 2 aromatic rings. The Bertz CT molecular complexity index is 645. The van der Waals surface area contributed by atoms with E-state index in [9.17, 15) is 4.79 Å². The summed E-state index contributed by atoms with van der Waals surface area (Å²) in [5.74, 6) is 0. The molecule has 124 valence electrons. The van der Waals surface area contributed by atoms with Crippen molar-refractivity contribution >= 4 is 23.3 Å². The van der Waals surface area contributed by atoms with Gasteiger partial charge in [-0.1, -0.05) is 23.7 Å². The van der Waals surface area contributed by atoms with Crippen molar-refractivity contribution in [1.29, 1.82) is 0 Å². The second-order valence-corrected chi connectivity index (χ2v) is 5.75. The molecule has 0 aliphatic heterocycles. The van der Waals surface area contributed by atoms with Crippen LogP contribution in [0.2, 0.25) is 5.02 Å². The summed E-state index contributed by atoms with van der Waals surface area (Å²) < 4.78 is 6.70. The van der Waals surface area contributed by atoms with Gasteiger partial charge in [-0.05, 0) is 31.0 Å². The topological polar surface area (TPSA) is 68.2 Å². The first-order chi connectivity index (χ1) is 11.1. The number of rotatable bonds is 7. The number of halogens is 1. The van der Waals surface area contributed by atoms with E-state index in [0.717, 1.165) is 5.56 Å². The summed E-state index contributed by atoms with van der Waals surface area (Å²) in [6.45, 7) is 3.16. The van der Waals surface area contributed by atoms with Crippen LogP contribution in [0.25, 0.3) is 0 Å². The number of aromatic nitrogens is 2. The molecular formula is C16H21ClN4O2. The Balaban J connectivity index is 1.80. The van der Waals surface area contributed by atoms with E-state index >= 15 is 0 Å². The number of amides is 2. The van der Waals surface area contributed by atoms with Gasteiger partial charge in [0.05, 0.1) is 25.0 Å². The van der Waals surface area contributed by atoms with Gasteiger partial charge in [-0.15, -0.1) is 0 Å². The molecule has 0 aliphatic carbocycles. The molecule has 23 heavy (non-hydrogen) atoms. The van der Waals surface area contributed by atoms with E-state index in [1.807, 2.05) is 31.2 Å². The lowest BCUT2D eigenvalue weighted by Gasteiger charge is -2.14. The summed E-state index contributed by atoms with van der Waals surface area (Å²) >= 11 is 5.96. The molecule has 6 nitrogen and oxygen atoms in total. The number of nitrogens with zero attached hydrogens (tertiary/aromatic N) is 2. The SMILES string of the molecule is COCCn1cc(NC(=O)NC(C)Cc2cccc(Cl)c2)cn1. The van der Waals surface area contributed by atoms with E-state index in [2.05, 4.69) is 15.7 Å². The van der Waals surface area contributed by atoms with Gasteiger partial charge in [-0.2, -0.15) is 5.10 Å². The van der Waals surface area contributed by atoms with E-state index in [-0.39, 0.29) is 12.1 Å². The van der Waals surface area contributed by atoms with Crippen LogP contribution in [0.4, 0.5) is 10.5 Å². The second-order valence-electron chi connectivity index (χ2n) is 5.32. The molecule has 1 atom stereocenters. The molecule has 0 bridgehead atoms. The van der Waals surface area contributed by atoms with Crippen LogP contribution in [0.1, 0.15) is 12.5 Å². The van der Waals surface area contributed by atoms with Gasteiger partial charge in [0, 0.05) is 24.4 Å². The Labute approximate surface area is 140 Å². The monoisotopic (exact) mass is 336 g/mol. The van der Waals surface area contributed by atoms with Crippen molar-refractivity contribution in [3.05, 3.63) is 47.2 Å². The smallest absolute Gasteiger partial charge is 0.319 e. The molecular weight excluding hydrogens is 316 g/mol. The third-order valence-corrected chi connectivity index (χ3v) is 3.46. The van der Waals surface area contributed by atoms with Crippen molar-refractivity contribution in [2.45, 2.75) is 25.9 Å². The van der Waals surface area contributed by atoms with E-state index < -0.39 is 0 Å². The molecule has 1 aromatic carbocycles. The molecule has 1 heterocycles. The quantitative estimate of drug-likeness (QED) is 0.816. The van der Waals surface area contributed by atoms with Gasteiger partial charge in [0.2, 0.25) is 0 Å². The lowest BCUT2D eigenvalue weighted by atomic mass is 10.1. The first-order valence-corrected chi connectivity index (χ1v) is 7.78. The Hall–Kier alpha value is -2.05. The Morgan fingerprint density at radius 1 is 1.48 bits per heavy atom. The van der Waals surface area contributed by atoms with Crippen molar-refractivity contribution in [1.82, 2.24) is 15.1 Å². The highest BCUT2D eigenvalue weighted by molar-refractivity contribution is 6.30. The van der Waals surface area contributed by atoms with Crippen LogP contribution in [-0.2, 0) is 17.7 Å². The Kier molecular flexibility index (Phi) is 6.43. The fraction of sp³-hybridized carbons (Fsp3) is 0.375. The van der Waals surface area contributed by atoms with Crippen LogP contribution in [0.3, 0.4) is 0 Å². The third-order valence-electron chi connectivity index (χ3n) is 3.22. The highest BCUT2D eigenvalue weighted by Gasteiger charge is 2.09. The van der Waals surface area contributed by atoms with Crippen molar-refractivity contribution in [2.75, 3.05) is 19.0 Å². The molecule has 0 saturated carbocycles. The van der Waals surface area contributed by atoms with Crippen LogP contribution in [0.15, 0.2) is 36.7 Å². The first kappa shape index (κ1) is 17.3. The summed E-state index contributed by atoms with van der Waals surface area (Å²) in [5, 5.41) is 10.5. The summed E-state index contributed by atoms with van der Waals surface area (Å²) in [6.07, 6.45) is 4.08. The standard InChI is InChI=1S/C16H21ClN4O2/c1-12(8-13-4-3-5-14(17)9-13)19-16(22)20-15-10-18-21(11-15)6-7-23-2/h3-5,9-12H,6-8H2,1-2H3,(H2,19,20,22). The molecule has 0 spiro atoms. The zero-order valence-corrected chi connectivity index (χ0v) is 14.0. The number of urea groups is 1. The first-order valence-electron chi connectivity index (χ1n) is 7.40. The number of hydrogen-bond acceptors (Lipinski definition) is 3. The summed E-state index contributed by atoms with van der Waals surface area (Å²) in [5.41, 5.74) is 1.73. The molecule has 0 saturated heterocycles. The van der Waals surface area contributed by atoms with Crippen molar-refractivity contribution < 1.29 is 9.53 Å². The molecule has 7 heteroatoms. The predicted molar refractivity (Wildman–Crippen MR) is 90.9 cm³/mol. The van der Waals surface area contributed by atoms with Crippen LogP contribution < -0.4 is 10.6 Å². The normalized spacial score (nSPS) is 12.0. The summed E-state index contributed by atoms with van der Waals surface area (Å²) in [6, 6.07) is 7.35. The van der Waals surface area contributed by atoms with Gasteiger partial charge in [-0.3, -0.25) is 4.68 Å². The van der Waals surface area contributed by atoms with Gasteiger partial charge in [0.1, 0.15) is 0 Å². The molecule has 0 fully saturated rings. The van der Waals surface area contributed by atoms with Crippen molar-refractivity contribution in [3.63, 3.8) is 0 Å². The number of methoxy groups -OCH3 is 1. The van der Waals surface area contributed by atoms with Gasteiger partial charge >= 0.3 is 6.03 Å². The van der Waals surface area contributed by atoms with E-state index in [4.69, 9.17) is 16.3 Å². The molecule has 1 aromatic heterocycles. The minimum absolute atomic E-state index is 0.0167. The van der Waals surface area contributed by atoms with E-state index in [0.29, 0.717) is 30.3 Å². The van der Waals surface area contributed by atoms with Crippen LogP contribution in [0, 0.1) is 0 Å². The highest BCUT2D eigenvalue weighted by Crippen LogP contribution is 2.12. The van der Waals surface area contributed by atoms with E-state index in [1.54, 1.807) is 24.2 Å². The van der Waals surface area contributed by atoms with Crippen molar-refractivity contribution in [3.8, 4) is 0 Å². The zero-order chi connectivity index (χ0) is 16.7. The molecule has 2 N–H and O–H groups in total. The predicted octanol–water partition coefficient (Wildman–Crippen LogP) is 2.94. The second kappa shape index (κ2) is 8.55.